The number of halogens is 1. The number of carbonyl (C=O) groups excluding carboxylic acids is 1. The van der Waals surface area contributed by atoms with Gasteiger partial charge in [-0.2, -0.15) is 0 Å². The quantitative estimate of drug-likeness (QED) is 0.629. The molecule has 0 bridgehead atoms. The van der Waals surface area contributed by atoms with Crippen LogP contribution in [0.5, 0.6) is 5.75 Å². The number of carbonyl (C=O) groups is 1. The molecule has 92 valence electrons. The van der Waals surface area contributed by atoms with E-state index in [1.165, 1.54) is 5.56 Å². The van der Waals surface area contributed by atoms with Gasteiger partial charge in [0.1, 0.15) is 5.75 Å². The van der Waals surface area contributed by atoms with Crippen molar-refractivity contribution in [1.29, 1.82) is 0 Å². The van der Waals surface area contributed by atoms with E-state index in [4.69, 9.17) is 4.74 Å². The van der Waals surface area contributed by atoms with Crippen LogP contribution in [0, 0.1) is 0 Å². The van der Waals surface area contributed by atoms with E-state index >= 15 is 0 Å². The molecule has 0 saturated heterocycles. The van der Waals surface area contributed by atoms with Crippen molar-refractivity contribution in [2.24, 2.45) is 0 Å². The highest BCUT2D eigenvalue weighted by molar-refractivity contribution is 9.08. The number of methoxy groups -OCH3 is 1. The van der Waals surface area contributed by atoms with Gasteiger partial charge in [0.2, 0.25) is 0 Å². The van der Waals surface area contributed by atoms with Crippen molar-refractivity contribution < 1.29 is 9.53 Å². The normalized spacial score (nSPS) is 10.1. The Bertz CT molecular complexity index is 547. The Balaban J connectivity index is 2.49. The molecule has 2 aromatic rings. The van der Waals surface area contributed by atoms with Crippen molar-refractivity contribution >= 4 is 22.2 Å². The molecule has 0 aromatic heterocycles. The fourth-order valence-electron chi connectivity index (χ4n) is 1.79. The summed E-state index contributed by atoms with van der Waals surface area (Å²) in [7, 11) is 1.62. The molecule has 0 spiro atoms. The third kappa shape index (κ3) is 2.62. The van der Waals surface area contributed by atoms with E-state index < -0.39 is 0 Å². The van der Waals surface area contributed by atoms with Gasteiger partial charge in [-0.05, 0) is 34.9 Å². The largest absolute Gasteiger partial charge is 0.497 e. The first-order valence-electron chi connectivity index (χ1n) is 5.57. The minimum atomic E-state index is 0.669. The summed E-state index contributed by atoms with van der Waals surface area (Å²) in [5, 5.41) is 0.825. The van der Waals surface area contributed by atoms with Crippen molar-refractivity contribution in [3.05, 3.63) is 53.6 Å². The fourth-order valence-corrected chi connectivity index (χ4v) is 2.16. The molecule has 18 heavy (non-hydrogen) atoms. The molecule has 0 amide bonds. The zero-order valence-corrected chi connectivity index (χ0v) is 11.6. The summed E-state index contributed by atoms with van der Waals surface area (Å²) in [6.07, 6.45) is 0.868. The second kappa shape index (κ2) is 5.83. The van der Waals surface area contributed by atoms with E-state index in [1.54, 1.807) is 19.2 Å². The third-order valence-electron chi connectivity index (χ3n) is 2.81. The Morgan fingerprint density at radius 2 is 1.89 bits per heavy atom. The number of alkyl halides is 1. The third-order valence-corrected chi connectivity index (χ3v) is 3.45. The molecule has 0 fully saturated rings. The smallest absolute Gasteiger partial charge is 0.150 e. The summed E-state index contributed by atoms with van der Waals surface area (Å²) >= 11 is 3.41. The predicted octanol–water partition coefficient (Wildman–Crippen LogP) is 4.07. The Morgan fingerprint density at radius 3 is 2.44 bits per heavy atom. The van der Waals surface area contributed by atoms with Crippen LogP contribution in [0.1, 0.15) is 15.9 Å². The van der Waals surface area contributed by atoms with Crippen LogP contribution < -0.4 is 4.74 Å². The summed E-state index contributed by atoms with van der Waals surface area (Å²) < 4.78 is 5.20. The van der Waals surface area contributed by atoms with Crippen LogP contribution in [0.15, 0.2) is 42.5 Å². The maximum atomic E-state index is 11.1. The standard InChI is InChI=1S/C15H13BrO2/c1-18-14-7-6-13(10-17)15(8-14)12-4-2-11(9-16)3-5-12/h2-8,10H,9H2,1H3. The minimum Gasteiger partial charge on any atom is -0.497 e. The zero-order valence-electron chi connectivity index (χ0n) is 10.0. The maximum absolute atomic E-state index is 11.1. The summed E-state index contributed by atoms with van der Waals surface area (Å²) in [4.78, 5) is 11.1. The van der Waals surface area contributed by atoms with E-state index in [0.717, 1.165) is 28.5 Å². The van der Waals surface area contributed by atoms with E-state index in [1.807, 2.05) is 30.3 Å². The number of hydrogen-bond acceptors (Lipinski definition) is 2. The molecule has 0 heterocycles. The molecular formula is C15H13BrO2. The molecule has 0 aliphatic carbocycles. The average Bonchev–Trinajstić information content (AvgIpc) is 2.46. The van der Waals surface area contributed by atoms with Gasteiger partial charge in [0.15, 0.2) is 6.29 Å². The van der Waals surface area contributed by atoms with Crippen molar-refractivity contribution in [3.8, 4) is 16.9 Å². The van der Waals surface area contributed by atoms with Crippen LogP contribution in [-0.2, 0) is 5.33 Å². The van der Waals surface area contributed by atoms with E-state index in [0.29, 0.717) is 5.56 Å². The topological polar surface area (TPSA) is 26.3 Å². The number of ether oxygens (including phenoxy) is 1. The van der Waals surface area contributed by atoms with Crippen molar-refractivity contribution in [2.45, 2.75) is 5.33 Å². The van der Waals surface area contributed by atoms with Crippen LogP contribution in [0.3, 0.4) is 0 Å². The molecule has 0 atom stereocenters. The lowest BCUT2D eigenvalue weighted by Gasteiger charge is -2.08. The highest BCUT2D eigenvalue weighted by atomic mass is 79.9. The van der Waals surface area contributed by atoms with E-state index in [-0.39, 0.29) is 0 Å². The molecule has 2 aromatic carbocycles. The summed E-state index contributed by atoms with van der Waals surface area (Å²) in [6.45, 7) is 0. The molecule has 2 rings (SSSR count). The van der Waals surface area contributed by atoms with Gasteiger partial charge in [-0.15, -0.1) is 0 Å². The lowest BCUT2D eigenvalue weighted by Crippen LogP contribution is -1.90. The van der Waals surface area contributed by atoms with Gasteiger partial charge in [-0.25, -0.2) is 0 Å². The Morgan fingerprint density at radius 1 is 1.17 bits per heavy atom. The number of aldehydes is 1. The first-order chi connectivity index (χ1) is 8.78. The van der Waals surface area contributed by atoms with Crippen LogP contribution in [0.2, 0.25) is 0 Å². The minimum absolute atomic E-state index is 0.669. The average molecular weight is 305 g/mol. The number of benzene rings is 2. The van der Waals surface area contributed by atoms with Gasteiger partial charge in [-0.1, -0.05) is 40.2 Å². The van der Waals surface area contributed by atoms with E-state index in [2.05, 4.69) is 15.9 Å². The molecule has 2 nitrogen and oxygen atoms in total. The van der Waals surface area contributed by atoms with Crippen LogP contribution >= 0.6 is 15.9 Å². The Hall–Kier alpha value is -1.61. The molecule has 0 aliphatic heterocycles. The Kier molecular flexibility index (Phi) is 4.15. The van der Waals surface area contributed by atoms with Crippen molar-refractivity contribution in [1.82, 2.24) is 0 Å². The number of rotatable bonds is 4. The van der Waals surface area contributed by atoms with E-state index in [9.17, 15) is 4.79 Å². The molecule has 0 unspecified atom stereocenters. The number of hydrogen-bond donors (Lipinski definition) is 0. The Labute approximate surface area is 115 Å². The summed E-state index contributed by atoms with van der Waals surface area (Å²) in [5.74, 6) is 0.750. The fraction of sp³-hybridized carbons (Fsp3) is 0.133. The van der Waals surface area contributed by atoms with Crippen molar-refractivity contribution in [3.63, 3.8) is 0 Å². The monoisotopic (exact) mass is 304 g/mol. The van der Waals surface area contributed by atoms with Gasteiger partial charge in [0.05, 0.1) is 7.11 Å². The maximum Gasteiger partial charge on any atom is 0.150 e. The van der Waals surface area contributed by atoms with Crippen LogP contribution in [0.25, 0.3) is 11.1 Å². The molecular weight excluding hydrogens is 292 g/mol. The van der Waals surface area contributed by atoms with Crippen molar-refractivity contribution in [2.75, 3.05) is 7.11 Å². The second-order valence-electron chi connectivity index (χ2n) is 3.90. The second-order valence-corrected chi connectivity index (χ2v) is 4.46. The van der Waals surface area contributed by atoms with Gasteiger partial charge in [-0.3, -0.25) is 4.79 Å². The van der Waals surface area contributed by atoms with Crippen LogP contribution in [0.4, 0.5) is 0 Å². The molecule has 0 aliphatic rings. The van der Waals surface area contributed by atoms with Gasteiger partial charge < -0.3 is 4.74 Å². The molecule has 0 N–H and O–H groups in total. The highest BCUT2D eigenvalue weighted by Gasteiger charge is 2.06. The van der Waals surface area contributed by atoms with Gasteiger partial charge in [0.25, 0.3) is 0 Å². The van der Waals surface area contributed by atoms with Crippen LogP contribution in [-0.4, -0.2) is 13.4 Å². The van der Waals surface area contributed by atoms with Gasteiger partial charge in [0, 0.05) is 10.9 Å². The van der Waals surface area contributed by atoms with Gasteiger partial charge >= 0.3 is 0 Å². The predicted molar refractivity (Wildman–Crippen MR) is 76.4 cm³/mol. The SMILES string of the molecule is COc1ccc(C=O)c(-c2ccc(CBr)cc2)c1. The zero-order chi connectivity index (χ0) is 13.0. The molecule has 0 radical (unpaired) electrons. The first-order valence-corrected chi connectivity index (χ1v) is 6.69. The first kappa shape index (κ1) is 12.8. The molecule has 0 saturated carbocycles. The highest BCUT2D eigenvalue weighted by Crippen LogP contribution is 2.27. The lowest BCUT2D eigenvalue weighted by atomic mass is 9.99. The summed E-state index contributed by atoms with van der Waals surface area (Å²) in [5.41, 5.74) is 3.78. The lowest BCUT2D eigenvalue weighted by molar-refractivity contribution is 0.112. The summed E-state index contributed by atoms with van der Waals surface area (Å²) in [6, 6.07) is 13.6. The molecule has 3 heteroatoms.